The second-order valence-electron chi connectivity index (χ2n) is 5.63. The van der Waals surface area contributed by atoms with E-state index in [1.165, 1.54) is 16.8 Å². The summed E-state index contributed by atoms with van der Waals surface area (Å²) in [5, 5.41) is 8.19. The van der Waals surface area contributed by atoms with Gasteiger partial charge < -0.3 is 5.32 Å². The molecule has 2 aliphatic rings. The van der Waals surface area contributed by atoms with Crippen molar-refractivity contribution in [2.75, 3.05) is 5.32 Å². The first kappa shape index (κ1) is 13.3. The first-order chi connectivity index (χ1) is 9.63. The number of hydrazone groups is 1. The maximum atomic E-state index is 5.29. The van der Waals surface area contributed by atoms with Gasteiger partial charge in [0.05, 0.1) is 0 Å². The Morgan fingerprint density at radius 1 is 1.35 bits per heavy atom. The maximum Gasteiger partial charge on any atom is 0.191 e. The number of hydrogen-bond donors (Lipinski definition) is 2. The van der Waals surface area contributed by atoms with Gasteiger partial charge in [-0.25, -0.2) is 0 Å². The molecule has 104 valence electrons. The largest absolute Gasteiger partial charge is 0.331 e. The van der Waals surface area contributed by atoms with Crippen LogP contribution in [-0.4, -0.2) is 10.8 Å². The van der Waals surface area contributed by atoms with Crippen LogP contribution in [0, 0.1) is 25.7 Å². The molecule has 0 aromatic heterocycles. The van der Waals surface area contributed by atoms with Crippen LogP contribution in [0.25, 0.3) is 0 Å². The van der Waals surface area contributed by atoms with Gasteiger partial charge >= 0.3 is 0 Å². The van der Waals surface area contributed by atoms with Gasteiger partial charge in [0.15, 0.2) is 5.11 Å². The molecule has 2 atom stereocenters. The lowest BCUT2D eigenvalue weighted by atomic mass is 9.74. The van der Waals surface area contributed by atoms with E-state index >= 15 is 0 Å². The Labute approximate surface area is 125 Å². The average Bonchev–Trinajstić information content (AvgIpc) is 2.75. The third-order valence-corrected chi connectivity index (χ3v) is 4.29. The van der Waals surface area contributed by atoms with Gasteiger partial charge in [-0.05, 0) is 56.5 Å². The van der Waals surface area contributed by atoms with Crippen LogP contribution in [0.1, 0.15) is 24.0 Å². The van der Waals surface area contributed by atoms with Crippen LogP contribution < -0.4 is 10.7 Å². The Kier molecular flexibility index (Phi) is 3.57. The predicted molar refractivity (Wildman–Crippen MR) is 88.1 cm³/mol. The highest BCUT2D eigenvalue weighted by atomic mass is 32.1. The molecule has 0 radical (unpaired) electrons. The molecule has 0 aliphatic heterocycles. The fraction of sp³-hybridized carbons (Fsp3) is 0.375. The molecule has 0 heterocycles. The Hall–Kier alpha value is -1.68. The Bertz CT molecular complexity index is 604. The Morgan fingerprint density at radius 2 is 2.20 bits per heavy atom. The van der Waals surface area contributed by atoms with Crippen molar-refractivity contribution in [1.82, 2.24) is 5.43 Å². The Morgan fingerprint density at radius 3 is 2.95 bits per heavy atom. The smallest absolute Gasteiger partial charge is 0.191 e. The second kappa shape index (κ2) is 5.37. The van der Waals surface area contributed by atoms with Crippen LogP contribution >= 0.6 is 12.2 Å². The number of allylic oxidation sites excluding steroid dienone is 2. The quantitative estimate of drug-likeness (QED) is 0.496. The molecule has 4 heteroatoms. The highest BCUT2D eigenvalue weighted by molar-refractivity contribution is 7.80. The summed E-state index contributed by atoms with van der Waals surface area (Å²) in [5.74, 6) is 1.34. The summed E-state index contributed by atoms with van der Waals surface area (Å²) in [6, 6.07) is 6.26. The fourth-order valence-electron chi connectivity index (χ4n) is 2.89. The van der Waals surface area contributed by atoms with E-state index in [1.807, 2.05) is 6.07 Å². The van der Waals surface area contributed by atoms with Crippen molar-refractivity contribution >= 4 is 28.7 Å². The molecule has 1 aromatic rings. The monoisotopic (exact) mass is 285 g/mol. The molecule has 0 unspecified atom stereocenters. The van der Waals surface area contributed by atoms with E-state index in [0.717, 1.165) is 24.4 Å². The molecular formula is C16H19N3S. The van der Waals surface area contributed by atoms with E-state index in [9.17, 15) is 0 Å². The first-order valence-corrected chi connectivity index (χ1v) is 7.41. The molecular weight excluding hydrogens is 266 g/mol. The second-order valence-corrected chi connectivity index (χ2v) is 6.03. The van der Waals surface area contributed by atoms with E-state index < -0.39 is 0 Å². The summed E-state index contributed by atoms with van der Waals surface area (Å²) in [6.07, 6.45) is 6.75. The summed E-state index contributed by atoms with van der Waals surface area (Å²) >= 11 is 5.29. The minimum absolute atomic E-state index is 0.554. The average molecular weight is 285 g/mol. The highest BCUT2D eigenvalue weighted by Gasteiger charge is 2.37. The number of aryl methyl sites for hydroxylation is 2. The maximum absolute atomic E-state index is 5.29. The van der Waals surface area contributed by atoms with Crippen LogP contribution in [-0.2, 0) is 0 Å². The van der Waals surface area contributed by atoms with Gasteiger partial charge in [-0.2, -0.15) is 5.10 Å². The summed E-state index contributed by atoms with van der Waals surface area (Å²) < 4.78 is 0. The van der Waals surface area contributed by atoms with Crippen molar-refractivity contribution in [3.05, 3.63) is 41.5 Å². The minimum Gasteiger partial charge on any atom is -0.331 e. The lowest BCUT2D eigenvalue weighted by molar-refractivity contribution is 0.463. The Balaban J connectivity index is 1.56. The van der Waals surface area contributed by atoms with Crippen molar-refractivity contribution < 1.29 is 0 Å². The zero-order valence-corrected chi connectivity index (χ0v) is 12.6. The molecule has 1 saturated carbocycles. The lowest BCUT2D eigenvalue weighted by Gasteiger charge is -2.31. The first-order valence-electron chi connectivity index (χ1n) is 7.01. The SMILES string of the molecule is Cc1ccc(NC(=S)N/N=C2/C[C@H]3C=CC[C@@H]23)c(C)c1. The van der Waals surface area contributed by atoms with Crippen molar-refractivity contribution in [2.24, 2.45) is 16.9 Å². The molecule has 2 aliphatic carbocycles. The normalized spacial score (nSPS) is 25.2. The number of hydrogen-bond acceptors (Lipinski definition) is 2. The summed E-state index contributed by atoms with van der Waals surface area (Å²) in [6.45, 7) is 4.16. The summed E-state index contributed by atoms with van der Waals surface area (Å²) in [7, 11) is 0. The number of thiocarbonyl (C=S) groups is 1. The van der Waals surface area contributed by atoms with Gasteiger partial charge in [-0.3, -0.25) is 5.43 Å². The number of fused-ring (bicyclic) bond motifs is 1. The molecule has 2 N–H and O–H groups in total. The van der Waals surface area contributed by atoms with E-state index in [-0.39, 0.29) is 0 Å². The van der Waals surface area contributed by atoms with Gasteiger partial charge in [-0.1, -0.05) is 29.8 Å². The van der Waals surface area contributed by atoms with Crippen molar-refractivity contribution in [2.45, 2.75) is 26.7 Å². The van der Waals surface area contributed by atoms with Gasteiger partial charge in [0.2, 0.25) is 0 Å². The zero-order valence-electron chi connectivity index (χ0n) is 11.8. The molecule has 20 heavy (non-hydrogen) atoms. The number of nitrogens with one attached hydrogen (secondary N) is 2. The van der Waals surface area contributed by atoms with Crippen LogP contribution in [0.2, 0.25) is 0 Å². The van der Waals surface area contributed by atoms with Gasteiger partial charge in [0.1, 0.15) is 0 Å². The van der Waals surface area contributed by atoms with E-state index in [1.54, 1.807) is 0 Å². The van der Waals surface area contributed by atoms with Crippen molar-refractivity contribution in [3.8, 4) is 0 Å². The van der Waals surface area contributed by atoms with E-state index in [4.69, 9.17) is 12.2 Å². The number of benzene rings is 1. The molecule has 1 aromatic carbocycles. The molecule has 1 fully saturated rings. The predicted octanol–water partition coefficient (Wildman–Crippen LogP) is 3.54. The third kappa shape index (κ3) is 2.61. The van der Waals surface area contributed by atoms with Gasteiger partial charge in [0, 0.05) is 17.3 Å². The topological polar surface area (TPSA) is 36.4 Å². The molecule has 0 spiro atoms. The van der Waals surface area contributed by atoms with Gasteiger partial charge in [0.25, 0.3) is 0 Å². The lowest BCUT2D eigenvalue weighted by Crippen LogP contribution is -2.36. The number of anilines is 1. The number of rotatable bonds is 2. The van der Waals surface area contributed by atoms with E-state index in [2.05, 4.69) is 54.0 Å². The summed E-state index contributed by atoms with van der Waals surface area (Å²) in [4.78, 5) is 0. The van der Waals surface area contributed by atoms with Crippen LogP contribution in [0.5, 0.6) is 0 Å². The van der Waals surface area contributed by atoms with Crippen LogP contribution in [0.15, 0.2) is 35.5 Å². The molecule has 0 amide bonds. The molecule has 0 bridgehead atoms. The highest BCUT2D eigenvalue weighted by Crippen LogP contribution is 2.40. The third-order valence-electron chi connectivity index (χ3n) is 4.09. The molecule has 3 rings (SSSR count). The van der Waals surface area contributed by atoms with Crippen LogP contribution in [0.4, 0.5) is 5.69 Å². The summed E-state index contributed by atoms with van der Waals surface area (Å²) in [5.41, 5.74) is 7.68. The van der Waals surface area contributed by atoms with E-state index in [0.29, 0.717) is 11.0 Å². The van der Waals surface area contributed by atoms with Crippen molar-refractivity contribution in [1.29, 1.82) is 0 Å². The molecule has 0 saturated heterocycles. The standard InChI is InChI=1S/C16H19N3S/c1-10-6-7-14(11(2)8-10)17-16(20)19-18-15-9-12-4-3-5-13(12)15/h3-4,6-8,12-13H,5,9H2,1-2H3,(H2,17,19,20)/b18-15-/t12-,13-/m1/s1. The number of nitrogens with zero attached hydrogens (tertiary/aromatic N) is 1. The zero-order chi connectivity index (χ0) is 14.1. The van der Waals surface area contributed by atoms with Crippen molar-refractivity contribution in [3.63, 3.8) is 0 Å². The van der Waals surface area contributed by atoms with Crippen LogP contribution in [0.3, 0.4) is 0 Å². The molecule has 3 nitrogen and oxygen atoms in total. The van der Waals surface area contributed by atoms with Gasteiger partial charge in [-0.15, -0.1) is 0 Å². The minimum atomic E-state index is 0.554. The fourth-order valence-corrected chi connectivity index (χ4v) is 3.05.